The van der Waals surface area contributed by atoms with Gasteiger partial charge in [0.25, 0.3) is 0 Å². The molecule has 0 saturated carbocycles. The van der Waals surface area contributed by atoms with Gasteiger partial charge in [0.2, 0.25) is 11.8 Å². The van der Waals surface area contributed by atoms with Crippen LogP contribution in [0.1, 0.15) is 24.0 Å². The summed E-state index contributed by atoms with van der Waals surface area (Å²) in [4.78, 5) is 25.8. The van der Waals surface area contributed by atoms with Crippen LogP contribution in [0.5, 0.6) is 11.6 Å². The van der Waals surface area contributed by atoms with Gasteiger partial charge in [0.15, 0.2) is 21.4 Å². The highest BCUT2D eigenvalue weighted by atomic mass is 32.2. The van der Waals surface area contributed by atoms with Crippen molar-refractivity contribution in [1.29, 1.82) is 0 Å². The minimum absolute atomic E-state index is 0.0244. The lowest BCUT2D eigenvalue weighted by Crippen LogP contribution is -2.49. The van der Waals surface area contributed by atoms with Crippen molar-refractivity contribution >= 4 is 26.8 Å². The van der Waals surface area contributed by atoms with E-state index in [1.165, 1.54) is 35.5 Å². The van der Waals surface area contributed by atoms with E-state index in [1.807, 2.05) is 6.92 Å². The summed E-state index contributed by atoms with van der Waals surface area (Å²) in [6.07, 6.45) is 3.67. The highest BCUT2D eigenvalue weighted by Crippen LogP contribution is 2.31. The molecule has 0 unspecified atom stereocenters. The zero-order valence-corrected chi connectivity index (χ0v) is 21.9. The third kappa shape index (κ3) is 5.48. The summed E-state index contributed by atoms with van der Waals surface area (Å²) < 4.78 is 59.6. The van der Waals surface area contributed by atoms with E-state index < -0.39 is 32.8 Å². The number of aromatic amines is 1. The molecule has 1 amide bonds. The number of hydrogen-bond donors (Lipinski definition) is 2. The number of nitrogens with two attached hydrogens (primary N) is 1. The Bertz CT molecular complexity index is 1620. The quantitative estimate of drug-likeness (QED) is 0.333. The van der Waals surface area contributed by atoms with E-state index in [0.717, 1.165) is 17.7 Å². The van der Waals surface area contributed by atoms with Crippen molar-refractivity contribution < 1.29 is 26.7 Å². The Morgan fingerprint density at radius 1 is 1.15 bits per heavy atom. The van der Waals surface area contributed by atoms with Crippen LogP contribution in [0.2, 0.25) is 0 Å². The van der Waals surface area contributed by atoms with Crippen LogP contribution in [0, 0.1) is 18.6 Å². The van der Waals surface area contributed by atoms with Gasteiger partial charge in [-0.25, -0.2) is 27.2 Å². The second-order valence-electron chi connectivity index (χ2n) is 9.58. The van der Waals surface area contributed by atoms with Crippen molar-refractivity contribution in [2.24, 2.45) is 5.73 Å². The van der Waals surface area contributed by atoms with Crippen molar-refractivity contribution in [3.63, 3.8) is 0 Å². The average Bonchev–Trinajstić information content (AvgIpc) is 3.31. The summed E-state index contributed by atoms with van der Waals surface area (Å²) in [5.41, 5.74) is 8.12. The first-order chi connectivity index (χ1) is 18.6. The Morgan fingerprint density at radius 2 is 1.87 bits per heavy atom. The van der Waals surface area contributed by atoms with Crippen LogP contribution in [-0.4, -0.2) is 58.6 Å². The molecular formula is C27H27F2N5O4S. The monoisotopic (exact) mass is 555 g/mol. The normalized spacial score (nSPS) is 15.4. The molecule has 0 bridgehead atoms. The lowest BCUT2D eigenvalue weighted by atomic mass is 10.0. The van der Waals surface area contributed by atoms with Crippen LogP contribution in [0.25, 0.3) is 11.0 Å². The van der Waals surface area contributed by atoms with E-state index in [-0.39, 0.29) is 54.8 Å². The van der Waals surface area contributed by atoms with Gasteiger partial charge >= 0.3 is 0 Å². The number of H-pyrrole nitrogens is 1. The molecule has 1 saturated heterocycles. The lowest BCUT2D eigenvalue weighted by molar-refractivity contribution is -0.133. The maximum absolute atomic E-state index is 14.9. The number of carbonyl (C=O) groups excluding carboxylic acids is 1. The van der Waals surface area contributed by atoms with Gasteiger partial charge in [-0.3, -0.25) is 4.79 Å². The molecule has 9 nitrogen and oxygen atoms in total. The average molecular weight is 556 g/mol. The van der Waals surface area contributed by atoms with Crippen LogP contribution < -0.4 is 10.5 Å². The third-order valence-electron chi connectivity index (χ3n) is 6.94. The summed E-state index contributed by atoms with van der Waals surface area (Å²) in [5, 5.41) is -0.0149. The number of aromatic nitrogens is 3. The second-order valence-corrected chi connectivity index (χ2v) is 11.8. The molecule has 1 fully saturated rings. The van der Waals surface area contributed by atoms with Crippen LogP contribution in [0.4, 0.5) is 8.78 Å². The number of amides is 1. The van der Waals surface area contributed by atoms with E-state index in [1.54, 1.807) is 12.3 Å². The Balaban J connectivity index is 1.19. The van der Waals surface area contributed by atoms with E-state index in [0.29, 0.717) is 16.6 Å². The van der Waals surface area contributed by atoms with Gasteiger partial charge in [-0.05, 0) is 73.7 Å². The fourth-order valence-corrected chi connectivity index (χ4v) is 6.53. The summed E-state index contributed by atoms with van der Waals surface area (Å²) >= 11 is 0. The number of sulfone groups is 1. The number of carbonyl (C=O) groups is 1. The number of hydrogen-bond acceptors (Lipinski definition) is 7. The molecule has 2 aromatic heterocycles. The molecule has 12 heteroatoms. The predicted molar refractivity (Wildman–Crippen MR) is 140 cm³/mol. The molecule has 204 valence electrons. The first-order valence-electron chi connectivity index (χ1n) is 12.4. The topological polar surface area (TPSA) is 131 Å². The number of benzene rings is 2. The van der Waals surface area contributed by atoms with Crippen molar-refractivity contribution in [2.45, 2.75) is 42.4 Å². The highest BCUT2D eigenvalue weighted by molar-refractivity contribution is 7.92. The number of likely N-dealkylation sites (tertiary alicyclic amines) is 1. The Kier molecular flexibility index (Phi) is 7.32. The molecule has 5 rings (SSSR count). The minimum atomic E-state index is -3.64. The minimum Gasteiger partial charge on any atom is -0.435 e. The zero-order valence-electron chi connectivity index (χ0n) is 21.1. The molecule has 1 aliphatic rings. The smallest absolute Gasteiger partial charge is 0.239 e. The van der Waals surface area contributed by atoms with Gasteiger partial charge in [0.1, 0.15) is 17.8 Å². The molecular weight excluding hydrogens is 528 g/mol. The number of aryl methyl sites for hydroxylation is 1. The van der Waals surface area contributed by atoms with E-state index in [9.17, 15) is 22.0 Å². The number of nitrogens with one attached hydrogen (secondary N) is 1. The van der Waals surface area contributed by atoms with E-state index >= 15 is 0 Å². The lowest BCUT2D eigenvalue weighted by Gasteiger charge is -2.33. The van der Waals surface area contributed by atoms with Crippen LogP contribution in [-0.2, 0) is 21.1 Å². The van der Waals surface area contributed by atoms with Gasteiger partial charge in [0.05, 0.1) is 21.6 Å². The predicted octanol–water partition coefficient (Wildman–Crippen LogP) is 3.67. The molecule has 0 aliphatic carbocycles. The van der Waals surface area contributed by atoms with Crippen molar-refractivity contribution in [3.05, 3.63) is 77.8 Å². The van der Waals surface area contributed by atoms with Crippen molar-refractivity contribution in [2.75, 3.05) is 13.1 Å². The Labute approximate surface area is 223 Å². The number of ether oxygens (including phenoxy) is 1. The summed E-state index contributed by atoms with van der Waals surface area (Å²) in [6, 6.07) is 8.18. The fourth-order valence-electron chi connectivity index (χ4n) is 4.80. The molecule has 0 radical (unpaired) electrons. The van der Waals surface area contributed by atoms with Crippen LogP contribution in [0.3, 0.4) is 0 Å². The molecule has 1 atom stereocenters. The van der Waals surface area contributed by atoms with Gasteiger partial charge in [-0.15, -0.1) is 0 Å². The van der Waals surface area contributed by atoms with Crippen molar-refractivity contribution in [1.82, 2.24) is 19.9 Å². The molecule has 3 N–H and O–H groups in total. The largest absolute Gasteiger partial charge is 0.435 e. The van der Waals surface area contributed by atoms with Crippen molar-refractivity contribution in [3.8, 4) is 11.6 Å². The molecule has 3 heterocycles. The number of nitrogens with zero attached hydrogens (tertiary/aromatic N) is 3. The molecule has 4 aromatic rings. The molecule has 1 aliphatic heterocycles. The molecule has 0 spiro atoms. The zero-order chi connectivity index (χ0) is 27.7. The summed E-state index contributed by atoms with van der Waals surface area (Å²) in [5.74, 6) is -1.27. The number of halogens is 2. The highest BCUT2D eigenvalue weighted by Gasteiger charge is 2.34. The first kappa shape index (κ1) is 26.7. The van der Waals surface area contributed by atoms with E-state index in [4.69, 9.17) is 10.5 Å². The van der Waals surface area contributed by atoms with Gasteiger partial charge in [0, 0.05) is 19.3 Å². The third-order valence-corrected chi connectivity index (χ3v) is 9.22. The fraction of sp³-hybridized carbons (Fsp3) is 0.296. The maximum atomic E-state index is 14.9. The summed E-state index contributed by atoms with van der Waals surface area (Å²) in [7, 11) is -3.64. The van der Waals surface area contributed by atoms with Gasteiger partial charge < -0.3 is 20.4 Å². The molecule has 2 aromatic carbocycles. The molecule has 39 heavy (non-hydrogen) atoms. The van der Waals surface area contributed by atoms with Gasteiger partial charge in [-0.2, -0.15) is 0 Å². The van der Waals surface area contributed by atoms with Crippen LogP contribution >= 0.6 is 0 Å². The van der Waals surface area contributed by atoms with E-state index in [2.05, 4.69) is 15.0 Å². The standard InChI is InChI=1S/C27H27F2N5O4S/c1-16-14-31-25-24(16)26(33-15-32-25)38-23-7-2-17(12-21(23)29)13-22(30)27(35)34-10-8-20(9-11-34)39(36,37)19-5-3-18(28)4-6-19/h2-7,12,14-15,20,22H,8-11,13,30H2,1H3,(H,31,32,33)/t22-/m0/s1. The second kappa shape index (κ2) is 10.7. The Hall–Kier alpha value is -3.90. The summed E-state index contributed by atoms with van der Waals surface area (Å²) in [6.45, 7) is 2.31. The maximum Gasteiger partial charge on any atom is 0.239 e. The Morgan fingerprint density at radius 3 is 2.56 bits per heavy atom. The first-order valence-corrected chi connectivity index (χ1v) is 14.0. The van der Waals surface area contributed by atoms with Crippen LogP contribution in [0.15, 0.2) is 59.9 Å². The van der Waals surface area contributed by atoms with Gasteiger partial charge in [-0.1, -0.05) is 6.07 Å². The number of piperidine rings is 1. The number of rotatable bonds is 7. The SMILES string of the molecule is Cc1c[nH]c2ncnc(Oc3ccc(C[C@H](N)C(=O)N4CCC(S(=O)(=O)c5ccc(F)cc5)CC4)cc3F)c12. The number of fused-ring (bicyclic) bond motifs is 1.